The van der Waals surface area contributed by atoms with E-state index in [2.05, 4.69) is 31.4 Å². The highest BCUT2D eigenvalue weighted by molar-refractivity contribution is 5.77. The van der Waals surface area contributed by atoms with Crippen molar-refractivity contribution < 1.29 is 4.79 Å². The van der Waals surface area contributed by atoms with Gasteiger partial charge in [-0.15, -0.1) is 0 Å². The molecule has 1 aliphatic rings. The van der Waals surface area contributed by atoms with E-state index in [1.807, 2.05) is 0 Å². The van der Waals surface area contributed by atoms with Crippen molar-refractivity contribution in [3.05, 3.63) is 0 Å². The SMILES string of the molecule is CCNC(C)CC(=O)NC1(C)CCCC1. The van der Waals surface area contributed by atoms with Gasteiger partial charge in [-0.3, -0.25) is 4.79 Å². The minimum atomic E-state index is 0.0724. The molecule has 0 aromatic heterocycles. The summed E-state index contributed by atoms with van der Waals surface area (Å²) in [5.41, 5.74) is 0.0724. The van der Waals surface area contributed by atoms with Crippen LogP contribution < -0.4 is 10.6 Å². The van der Waals surface area contributed by atoms with Gasteiger partial charge >= 0.3 is 0 Å². The van der Waals surface area contributed by atoms with Crippen molar-refractivity contribution in [3.63, 3.8) is 0 Å². The smallest absolute Gasteiger partial charge is 0.221 e. The Kier molecular flexibility index (Phi) is 4.58. The average Bonchev–Trinajstić information content (AvgIpc) is 2.51. The van der Waals surface area contributed by atoms with Crippen molar-refractivity contribution in [1.82, 2.24) is 10.6 Å². The molecular formula is C12H24N2O. The summed E-state index contributed by atoms with van der Waals surface area (Å²) in [5, 5.41) is 6.42. The lowest BCUT2D eigenvalue weighted by Gasteiger charge is -2.26. The van der Waals surface area contributed by atoms with Crippen molar-refractivity contribution in [1.29, 1.82) is 0 Å². The molecule has 1 fully saturated rings. The molecule has 0 saturated heterocycles. The van der Waals surface area contributed by atoms with E-state index in [9.17, 15) is 4.79 Å². The Morgan fingerprint density at radius 1 is 1.40 bits per heavy atom. The maximum atomic E-state index is 11.7. The van der Waals surface area contributed by atoms with E-state index in [1.165, 1.54) is 12.8 Å². The Bertz CT molecular complexity index is 210. The zero-order valence-corrected chi connectivity index (χ0v) is 10.2. The summed E-state index contributed by atoms with van der Waals surface area (Å²) >= 11 is 0. The topological polar surface area (TPSA) is 41.1 Å². The highest BCUT2D eigenvalue weighted by Gasteiger charge is 2.30. The Morgan fingerprint density at radius 2 is 2.00 bits per heavy atom. The first-order valence-corrected chi connectivity index (χ1v) is 6.10. The van der Waals surface area contributed by atoms with Gasteiger partial charge in [0.2, 0.25) is 5.91 Å². The monoisotopic (exact) mass is 212 g/mol. The third-order valence-electron chi connectivity index (χ3n) is 3.19. The molecule has 0 spiro atoms. The molecule has 0 aromatic carbocycles. The van der Waals surface area contributed by atoms with Crippen LogP contribution in [0.25, 0.3) is 0 Å². The van der Waals surface area contributed by atoms with Gasteiger partial charge in [0, 0.05) is 18.0 Å². The molecule has 1 saturated carbocycles. The summed E-state index contributed by atoms with van der Waals surface area (Å²) in [7, 11) is 0. The summed E-state index contributed by atoms with van der Waals surface area (Å²) < 4.78 is 0. The molecule has 1 atom stereocenters. The molecule has 88 valence electrons. The highest BCUT2D eigenvalue weighted by Crippen LogP contribution is 2.28. The van der Waals surface area contributed by atoms with Crippen molar-refractivity contribution in [2.45, 2.75) is 64.5 Å². The van der Waals surface area contributed by atoms with Gasteiger partial charge in [0.15, 0.2) is 0 Å². The van der Waals surface area contributed by atoms with Crippen molar-refractivity contribution >= 4 is 5.91 Å². The Morgan fingerprint density at radius 3 is 2.53 bits per heavy atom. The Hall–Kier alpha value is -0.570. The van der Waals surface area contributed by atoms with E-state index in [4.69, 9.17) is 0 Å². The Balaban J connectivity index is 2.28. The summed E-state index contributed by atoms with van der Waals surface area (Å²) in [5.74, 6) is 0.188. The molecule has 1 aliphatic carbocycles. The molecule has 15 heavy (non-hydrogen) atoms. The maximum absolute atomic E-state index is 11.7. The summed E-state index contributed by atoms with van der Waals surface area (Å²) in [6.45, 7) is 7.20. The quantitative estimate of drug-likeness (QED) is 0.730. The van der Waals surface area contributed by atoms with E-state index in [0.717, 1.165) is 19.4 Å². The fraction of sp³-hybridized carbons (Fsp3) is 0.917. The van der Waals surface area contributed by atoms with E-state index >= 15 is 0 Å². The van der Waals surface area contributed by atoms with Crippen molar-refractivity contribution in [2.24, 2.45) is 0 Å². The largest absolute Gasteiger partial charge is 0.351 e. The second kappa shape index (κ2) is 5.50. The van der Waals surface area contributed by atoms with Gasteiger partial charge in [0.25, 0.3) is 0 Å². The first-order valence-electron chi connectivity index (χ1n) is 6.10. The summed E-state index contributed by atoms with van der Waals surface area (Å²) in [6.07, 6.45) is 5.35. The number of carbonyl (C=O) groups is 1. The number of amides is 1. The number of hydrogen-bond acceptors (Lipinski definition) is 2. The van der Waals surface area contributed by atoms with Gasteiger partial charge in [0.05, 0.1) is 0 Å². The van der Waals surface area contributed by atoms with E-state index in [-0.39, 0.29) is 17.5 Å². The fourth-order valence-corrected chi connectivity index (χ4v) is 2.37. The summed E-state index contributed by atoms with van der Waals surface area (Å²) in [6, 6.07) is 0.278. The minimum absolute atomic E-state index is 0.0724. The lowest BCUT2D eigenvalue weighted by atomic mass is 10.0. The molecule has 0 heterocycles. The predicted octanol–water partition coefficient (Wildman–Crippen LogP) is 1.82. The van der Waals surface area contributed by atoms with Crippen LogP contribution in [0.15, 0.2) is 0 Å². The first kappa shape index (κ1) is 12.5. The van der Waals surface area contributed by atoms with Crippen LogP contribution in [0.1, 0.15) is 52.9 Å². The number of hydrogen-bond donors (Lipinski definition) is 2. The molecule has 0 aromatic rings. The van der Waals surface area contributed by atoms with E-state index < -0.39 is 0 Å². The van der Waals surface area contributed by atoms with Gasteiger partial charge in [-0.1, -0.05) is 19.8 Å². The molecule has 1 unspecified atom stereocenters. The first-order chi connectivity index (χ1) is 7.06. The van der Waals surface area contributed by atoms with Gasteiger partial charge in [-0.05, 0) is 33.2 Å². The van der Waals surface area contributed by atoms with Crippen LogP contribution in [0.4, 0.5) is 0 Å². The molecule has 2 N–H and O–H groups in total. The van der Waals surface area contributed by atoms with Gasteiger partial charge in [-0.2, -0.15) is 0 Å². The van der Waals surface area contributed by atoms with Crippen molar-refractivity contribution in [2.75, 3.05) is 6.54 Å². The number of carbonyl (C=O) groups excluding carboxylic acids is 1. The standard InChI is InChI=1S/C12H24N2O/c1-4-13-10(2)9-11(15)14-12(3)7-5-6-8-12/h10,13H,4-9H2,1-3H3,(H,14,15). The van der Waals surface area contributed by atoms with Crippen LogP contribution in [-0.4, -0.2) is 24.0 Å². The third kappa shape index (κ3) is 4.20. The molecule has 3 nitrogen and oxygen atoms in total. The fourth-order valence-electron chi connectivity index (χ4n) is 2.37. The zero-order valence-electron chi connectivity index (χ0n) is 10.2. The number of rotatable bonds is 5. The normalized spacial score (nSPS) is 21.3. The van der Waals surface area contributed by atoms with Gasteiger partial charge in [0.1, 0.15) is 0 Å². The van der Waals surface area contributed by atoms with Gasteiger partial charge < -0.3 is 10.6 Å². The average molecular weight is 212 g/mol. The van der Waals surface area contributed by atoms with Crippen LogP contribution in [0, 0.1) is 0 Å². The molecule has 0 aliphatic heterocycles. The third-order valence-corrected chi connectivity index (χ3v) is 3.19. The van der Waals surface area contributed by atoms with Crippen LogP contribution in [0.5, 0.6) is 0 Å². The van der Waals surface area contributed by atoms with E-state index in [1.54, 1.807) is 0 Å². The van der Waals surface area contributed by atoms with Crippen LogP contribution in [0.2, 0.25) is 0 Å². The zero-order chi connectivity index (χ0) is 11.3. The predicted molar refractivity (Wildman–Crippen MR) is 62.8 cm³/mol. The molecule has 3 heteroatoms. The molecule has 0 radical (unpaired) electrons. The van der Waals surface area contributed by atoms with Crippen molar-refractivity contribution in [3.8, 4) is 0 Å². The van der Waals surface area contributed by atoms with Crippen LogP contribution in [-0.2, 0) is 4.79 Å². The lowest BCUT2D eigenvalue weighted by molar-refractivity contribution is -0.123. The van der Waals surface area contributed by atoms with Crippen LogP contribution >= 0.6 is 0 Å². The molecule has 1 rings (SSSR count). The second-order valence-corrected chi connectivity index (χ2v) is 4.98. The molecular weight excluding hydrogens is 188 g/mol. The maximum Gasteiger partial charge on any atom is 0.221 e. The van der Waals surface area contributed by atoms with Crippen LogP contribution in [0.3, 0.4) is 0 Å². The van der Waals surface area contributed by atoms with Gasteiger partial charge in [-0.25, -0.2) is 0 Å². The molecule has 0 bridgehead atoms. The minimum Gasteiger partial charge on any atom is -0.351 e. The summed E-state index contributed by atoms with van der Waals surface area (Å²) in [4.78, 5) is 11.7. The molecule has 1 amide bonds. The number of nitrogens with one attached hydrogen (secondary N) is 2. The lowest BCUT2D eigenvalue weighted by Crippen LogP contribution is -2.45. The highest BCUT2D eigenvalue weighted by atomic mass is 16.1. The Labute approximate surface area is 93.0 Å². The second-order valence-electron chi connectivity index (χ2n) is 4.98. The van der Waals surface area contributed by atoms with E-state index in [0.29, 0.717) is 6.42 Å².